The van der Waals surface area contributed by atoms with E-state index in [2.05, 4.69) is 31.3 Å². The van der Waals surface area contributed by atoms with Crippen LogP contribution in [0, 0.1) is 0 Å². The summed E-state index contributed by atoms with van der Waals surface area (Å²) in [5.41, 5.74) is 0. The molecule has 0 saturated carbocycles. The Morgan fingerprint density at radius 2 is 0.810 bits per heavy atom. The first kappa shape index (κ1) is 56.3. The highest BCUT2D eigenvalue weighted by Crippen LogP contribution is 2.16. The van der Waals surface area contributed by atoms with Crippen LogP contribution < -0.4 is 5.32 Å². The number of allylic oxidation sites excluding steroid dienone is 3. The number of unbranched alkanes of at least 4 members (excludes halogenated alkanes) is 34. The predicted molar refractivity (Wildman–Crippen MR) is 250 cm³/mol. The van der Waals surface area contributed by atoms with Crippen LogP contribution in [-0.4, -0.2) is 47.4 Å². The molecule has 0 radical (unpaired) electrons. The zero-order valence-electron chi connectivity index (χ0n) is 38.8. The second-order valence-electron chi connectivity index (χ2n) is 17.5. The number of rotatable bonds is 47. The van der Waals surface area contributed by atoms with Gasteiger partial charge in [0.2, 0.25) is 5.91 Å². The first-order chi connectivity index (χ1) is 28.5. The van der Waals surface area contributed by atoms with Crippen molar-refractivity contribution in [3.05, 3.63) is 24.3 Å². The molecule has 0 rings (SSSR count). The van der Waals surface area contributed by atoms with Crippen molar-refractivity contribution in [1.29, 1.82) is 0 Å². The van der Waals surface area contributed by atoms with Crippen LogP contribution in [0.3, 0.4) is 0 Å². The number of carbonyl (C=O) groups is 2. The molecule has 0 fully saturated rings. The third-order valence-electron chi connectivity index (χ3n) is 11.7. The summed E-state index contributed by atoms with van der Waals surface area (Å²) in [5.74, 6) is -0.132. The minimum Gasteiger partial charge on any atom is -0.466 e. The van der Waals surface area contributed by atoms with E-state index in [0.717, 1.165) is 57.8 Å². The van der Waals surface area contributed by atoms with Crippen molar-refractivity contribution >= 4 is 11.9 Å². The van der Waals surface area contributed by atoms with Gasteiger partial charge in [0.05, 0.1) is 25.4 Å². The number of ether oxygens (including phenoxy) is 1. The van der Waals surface area contributed by atoms with Gasteiger partial charge in [-0.3, -0.25) is 9.59 Å². The zero-order chi connectivity index (χ0) is 42.3. The normalized spacial score (nSPS) is 12.8. The molecule has 0 aliphatic rings. The summed E-state index contributed by atoms with van der Waals surface area (Å²) < 4.78 is 5.43. The summed E-state index contributed by atoms with van der Waals surface area (Å²) in [5, 5.41) is 23.1. The van der Waals surface area contributed by atoms with Crippen molar-refractivity contribution in [2.24, 2.45) is 0 Å². The molecule has 0 bridgehead atoms. The van der Waals surface area contributed by atoms with Gasteiger partial charge < -0.3 is 20.3 Å². The molecule has 0 aromatic rings. The summed E-state index contributed by atoms with van der Waals surface area (Å²) >= 11 is 0. The number of esters is 1. The van der Waals surface area contributed by atoms with Crippen LogP contribution in [0.15, 0.2) is 24.3 Å². The van der Waals surface area contributed by atoms with Crippen LogP contribution in [-0.2, 0) is 14.3 Å². The van der Waals surface area contributed by atoms with Crippen LogP contribution in [0.4, 0.5) is 0 Å². The first-order valence-electron chi connectivity index (χ1n) is 25.6. The molecule has 6 nitrogen and oxygen atoms in total. The maximum Gasteiger partial charge on any atom is 0.305 e. The Hall–Kier alpha value is -1.66. The number of aliphatic hydroxyl groups is 2. The van der Waals surface area contributed by atoms with E-state index in [1.807, 2.05) is 6.08 Å². The quantitative estimate of drug-likeness (QED) is 0.0323. The van der Waals surface area contributed by atoms with Crippen molar-refractivity contribution in [1.82, 2.24) is 5.32 Å². The topological polar surface area (TPSA) is 95.9 Å². The molecule has 0 aromatic carbocycles. The fraction of sp³-hybridized carbons (Fsp3) is 0.885. The van der Waals surface area contributed by atoms with Crippen molar-refractivity contribution < 1.29 is 24.5 Å². The Balaban J connectivity index is 3.54. The van der Waals surface area contributed by atoms with Gasteiger partial charge in [0.1, 0.15) is 0 Å². The Labute approximate surface area is 361 Å². The molecule has 0 aliphatic carbocycles. The predicted octanol–water partition coefficient (Wildman–Crippen LogP) is 15.1. The van der Waals surface area contributed by atoms with Gasteiger partial charge in [-0.2, -0.15) is 0 Å². The Kier molecular flexibility index (Phi) is 46.6. The van der Waals surface area contributed by atoms with E-state index in [4.69, 9.17) is 4.74 Å². The molecule has 0 heterocycles. The lowest BCUT2D eigenvalue weighted by Gasteiger charge is -2.20. The fourth-order valence-electron chi connectivity index (χ4n) is 7.74. The number of hydrogen-bond acceptors (Lipinski definition) is 5. The molecular weight excluding hydrogens is 719 g/mol. The van der Waals surface area contributed by atoms with Crippen LogP contribution in [0.5, 0.6) is 0 Å². The smallest absolute Gasteiger partial charge is 0.305 e. The van der Waals surface area contributed by atoms with Crippen LogP contribution in [0.25, 0.3) is 0 Å². The molecule has 0 saturated heterocycles. The molecule has 1 amide bonds. The van der Waals surface area contributed by atoms with Gasteiger partial charge in [0, 0.05) is 12.8 Å². The van der Waals surface area contributed by atoms with Gasteiger partial charge in [-0.25, -0.2) is 0 Å². The first-order valence-corrected chi connectivity index (χ1v) is 25.6. The summed E-state index contributed by atoms with van der Waals surface area (Å²) in [6.07, 6.45) is 56.0. The minimum atomic E-state index is -0.862. The Morgan fingerprint density at radius 3 is 1.26 bits per heavy atom. The monoisotopic (exact) mass is 818 g/mol. The van der Waals surface area contributed by atoms with E-state index >= 15 is 0 Å². The lowest BCUT2D eigenvalue weighted by molar-refractivity contribution is -0.143. The Bertz CT molecular complexity index is 904. The summed E-state index contributed by atoms with van der Waals surface area (Å²) in [4.78, 5) is 24.4. The molecule has 342 valence electrons. The van der Waals surface area contributed by atoms with Crippen LogP contribution >= 0.6 is 0 Å². The molecule has 0 aliphatic heterocycles. The summed E-state index contributed by atoms with van der Waals surface area (Å²) in [6.45, 7) is 4.82. The molecule has 2 unspecified atom stereocenters. The van der Waals surface area contributed by atoms with Crippen molar-refractivity contribution in [3.63, 3.8) is 0 Å². The van der Waals surface area contributed by atoms with E-state index in [1.165, 1.54) is 186 Å². The molecule has 3 N–H and O–H groups in total. The van der Waals surface area contributed by atoms with Crippen LogP contribution in [0.1, 0.15) is 271 Å². The minimum absolute atomic E-state index is 0.0373. The largest absolute Gasteiger partial charge is 0.466 e. The molecule has 2 atom stereocenters. The third-order valence-corrected chi connectivity index (χ3v) is 11.7. The van der Waals surface area contributed by atoms with Crippen molar-refractivity contribution in [2.75, 3.05) is 13.2 Å². The van der Waals surface area contributed by atoms with E-state index in [0.29, 0.717) is 19.4 Å². The van der Waals surface area contributed by atoms with Crippen LogP contribution in [0.2, 0.25) is 0 Å². The number of aliphatic hydroxyl groups excluding tert-OH is 2. The highest BCUT2D eigenvalue weighted by molar-refractivity contribution is 5.76. The molecule has 58 heavy (non-hydrogen) atoms. The molecular formula is C52H99NO5. The average Bonchev–Trinajstić information content (AvgIpc) is 3.22. The molecule has 0 spiro atoms. The number of carbonyl (C=O) groups excluding carboxylic acids is 2. The molecule has 0 aromatic heterocycles. The SMILES string of the molecule is CCCCC/C=C\CCCCCCCC(=O)OCCCCCCCCCCCC(=O)NC(CO)C(O)/C=C/CCCCCCCCCCCCCCCCCCCC. The lowest BCUT2D eigenvalue weighted by Crippen LogP contribution is -2.45. The average molecular weight is 818 g/mol. The van der Waals surface area contributed by atoms with E-state index < -0.39 is 12.1 Å². The maximum atomic E-state index is 12.4. The second kappa shape index (κ2) is 48.0. The van der Waals surface area contributed by atoms with Gasteiger partial charge in [0.15, 0.2) is 0 Å². The van der Waals surface area contributed by atoms with Crippen molar-refractivity contribution in [2.45, 2.75) is 283 Å². The van der Waals surface area contributed by atoms with Crippen molar-refractivity contribution in [3.8, 4) is 0 Å². The summed E-state index contributed by atoms with van der Waals surface area (Å²) in [6, 6.07) is -0.648. The van der Waals surface area contributed by atoms with Gasteiger partial charge >= 0.3 is 5.97 Å². The van der Waals surface area contributed by atoms with Gasteiger partial charge in [-0.05, 0) is 57.8 Å². The van der Waals surface area contributed by atoms with E-state index in [-0.39, 0.29) is 18.5 Å². The van der Waals surface area contributed by atoms with Gasteiger partial charge in [0.25, 0.3) is 0 Å². The lowest BCUT2D eigenvalue weighted by atomic mass is 10.0. The number of nitrogens with one attached hydrogen (secondary N) is 1. The van der Waals surface area contributed by atoms with E-state index in [9.17, 15) is 19.8 Å². The standard InChI is InChI=1S/C52H99NO5/c1-3-5-7-9-11-13-15-17-18-19-20-21-22-23-24-25-28-32-36-40-44-50(55)49(48-54)53-51(56)45-41-37-33-29-27-31-35-39-43-47-58-52(57)46-42-38-34-30-26-16-14-12-10-8-6-4-2/h12,14,40,44,49-50,54-55H,3-11,13,15-39,41-43,45-48H2,1-2H3,(H,53,56)/b14-12-,44-40+. The maximum absolute atomic E-state index is 12.4. The summed E-state index contributed by atoms with van der Waals surface area (Å²) in [7, 11) is 0. The van der Waals surface area contributed by atoms with Gasteiger partial charge in [-0.1, -0.05) is 224 Å². The van der Waals surface area contributed by atoms with Gasteiger partial charge in [-0.15, -0.1) is 0 Å². The second-order valence-corrected chi connectivity index (χ2v) is 17.5. The number of amides is 1. The number of hydrogen-bond donors (Lipinski definition) is 3. The third kappa shape index (κ3) is 43.9. The highest BCUT2D eigenvalue weighted by Gasteiger charge is 2.18. The molecule has 6 heteroatoms. The Morgan fingerprint density at radius 1 is 0.466 bits per heavy atom. The highest BCUT2D eigenvalue weighted by atomic mass is 16.5. The van der Waals surface area contributed by atoms with E-state index in [1.54, 1.807) is 6.08 Å². The fourth-order valence-corrected chi connectivity index (χ4v) is 7.74. The zero-order valence-corrected chi connectivity index (χ0v) is 38.8.